The number of halogens is 7. The molecule has 22 heteroatoms. The Morgan fingerprint density at radius 3 is 0.795 bits per heavy atom. The van der Waals surface area contributed by atoms with Crippen LogP contribution in [-0.4, -0.2) is 48.5 Å². The smallest absolute Gasteiger partial charge is 0.327 e. The largest absolute Gasteiger partial charge is 0.426 e. The van der Waals surface area contributed by atoms with E-state index in [1.54, 1.807) is 32.0 Å². The van der Waals surface area contributed by atoms with Crippen LogP contribution in [0.4, 0.5) is 8.78 Å². The molecule has 5 atom stereocenters. The molecule has 0 fully saturated rings. The second kappa shape index (κ2) is 51.0. The minimum Gasteiger partial charge on any atom is -0.426 e. The average Bonchev–Trinajstić information content (AvgIpc) is 0.805. The molecule has 0 radical (unpaired) electrons. The van der Waals surface area contributed by atoms with E-state index in [1.807, 2.05) is 245 Å². The Balaban J connectivity index is 0.000000159. The highest BCUT2D eigenvalue weighted by Crippen LogP contribution is 2.42. The molecule has 0 saturated carbocycles. The number of carbonyl (C=O) groups excluding carboxylic acids is 5. The normalized spacial score (nSPS) is 12.2. The van der Waals surface area contributed by atoms with E-state index in [-0.39, 0.29) is 85.2 Å². The van der Waals surface area contributed by atoms with Gasteiger partial charge in [-0.05, 0) is 263 Å². The number of rotatable bonds is 25. The molecule has 15 rings (SSSR count). The Morgan fingerprint density at radius 1 is 0.250 bits per heavy atom. The number of para-hydroxylation sites is 2. The van der Waals surface area contributed by atoms with Gasteiger partial charge >= 0.3 is 29.8 Å². The van der Waals surface area contributed by atoms with E-state index in [0.29, 0.717) is 33.6 Å². The summed E-state index contributed by atoms with van der Waals surface area (Å²) in [6.07, 6.45) is 0. The number of benzene rings is 15. The molecule has 5 unspecified atom stereocenters. The number of alkyl halides is 5. The molecule has 15 aromatic carbocycles. The van der Waals surface area contributed by atoms with Crippen LogP contribution < -0.4 is 23.7 Å². The summed E-state index contributed by atoms with van der Waals surface area (Å²) in [4.78, 5) is 76.9. The first kappa shape index (κ1) is 103. The third-order valence-corrected chi connectivity index (χ3v) is 32.6. The fraction of sp³-hybridized carbons (Fsp3) is 0.136. The van der Waals surface area contributed by atoms with Crippen molar-refractivity contribution in [2.24, 2.45) is 0 Å². The van der Waals surface area contributed by atoms with Gasteiger partial charge in [-0.25, -0.2) is 8.78 Å². The van der Waals surface area contributed by atoms with E-state index in [1.165, 1.54) is 77.8 Å². The van der Waals surface area contributed by atoms with Gasteiger partial charge in [0.25, 0.3) is 0 Å². The zero-order chi connectivity index (χ0) is 94.4. The maximum Gasteiger partial charge on any atom is 0.327 e. The molecule has 132 heavy (non-hydrogen) atoms. The lowest BCUT2D eigenvalue weighted by molar-refractivity contribution is -0.136. The number of esters is 5. The van der Waals surface area contributed by atoms with Gasteiger partial charge in [-0.2, -0.15) is 0 Å². The zero-order valence-electron chi connectivity index (χ0n) is 74.0. The molecule has 0 aliphatic heterocycles. The minimum atomic E-state index is -0.755. The van der Waals surface area contributed by atoms with Crippen molar-refractivity contribution in [1.29, 1.82) is 0 Å². The molecule has 0 spiro atoms. The Kier molecular flexibility index (Phi) is 40.0. The minimum absolute atomic E-state index is 0.168. The van der Waals surface area contributed by atoms with E-state index >= 15 is 0 Å². The van der Waals surface area contributed by atoms with Gasteiger partial charge in [0, 0.05) is 24.3 Å². The van der Waals surface area contributed by atoms with Crippen molar-refractivity contribution < 1.29 is 56.4 Å². The molecule has 0 aromatic heterocycles. The first-order chi connectivity index (χ1) is 63.3. The molecule has 0 saturated heterocycles. The summed E-state index contributed by atoms with van der Waals surface area (Å²) in [5.41, 5.74) is 3.75. The van der Waals surface area contributed by atoms with Gasteiger partial charge in [-0.15, -0.1) is 0 Å². The summed E-state index contributed by atoms with van der Waals surface area (Å²) in [5, 5.41) is 0. The molecular formula is C110H98F2I5O10S5+5. The highest BCUT2D eigenvalue weighted by Gasteiger charge is 2.38. The zero-order valence-corrected chi connectivity index (χ0v) is 88.9. The lowest BCUT2D eigenvalue weighted by Gasteiger charge is -2.16. The van der Waals surface area contributed by atoms with Gasteiger partial charge in [0.2, 0.25) is 9.79 Å². The number of ether oxygens (including phenoxy) is 5. The fourth-order valence-corrected chi connectivity index (χ4v) is 23.6. The van der Waals surface area contributed by atoms with Crippen molar-refractivity contribution in [3.63, 3.8) is 0 Å². The van der Waals surface area contributed by atoms with Gasteiger partial charge in [0.1, 0.15) is 69.3 Å². The Morgan fingerprint density at radius 2 is 0.492 bits per heavy atom. The van der Waals surface area contributed by atoms with Gasteiger partial charge in [0.05, 0.1) is 32.7 Å². The standard InChI is InChI=1S/C23H22IO2S.C22H18F2IO2S.2C22H20IO2S.C21H18IO2S/c1-16-4-10-20(11-5-16)27(21-12-6-17(2)7-13-21)22-14-8-19(9-15-22)26-23(25)18(3)24;1-22(2,25)21(26)27-17-7-6-10-19(14-17)28(18-8-4-3-5-9-18)20-12-15(23)11-16(24)13-20;1-22(2,23)21(24)25-19-15-9-10-16-20(19)26(17-11-5-3-6-12-17)18-13-7-4-8-14-18;1-16-8-12-20(13-9-16)26(19-6-4-3-5-7-19)21-14-10-18(11-15-21)25-22(24)17(2)23;1-16(22)21(23)24-19-14-8-9-15-20(19)25(17-10-4-2-5-11-17)18-12-6-3-7-13-18/h4-15,18H,1-3H3;3-14H,1-2H3;3-16H,1-2H3;3-15,17H,1-2H3;2-16H,1H3/q5*+1. The number of carbonyl (C=O) groups is 5. The fourth-order valence-electron chi connectivity index (χ4n) is 12.4. The van der Waals surface area contributed by atoms with Crippen LogP contribution in [0.15, 0.2) is 468 Å². The topological polar surface area (TPSA) is 132 Å². The number of aryl methyl sites for hydroxylation is 3. The predicted octanol–water partition coefficient (Wildman–Crippen LogP) is 29.5. The number of hydrogen-bond acceptors (Lipinski definition) is 10. The van der Waals surface area contributed by atoms with Crippen LogP contribution in [0, 0.1) is 32.4 Å². The molecule has 10 nitrogen and oxygen atoms in total. The summed E-state index contributed by atoms with van der Waals surface area (Å²) >= 11 is 10.3. The van der Waals surface area contributed by atoms with Crippen molar-refractivity contribution in [3.8, 4) is 28.7 Å². The SMILES string of the molecule is CC(C)(I)C(=O)Oc1cccc([S+](c2ccccc2)c2cc(F)cc(F)c2)c1.CC(C)(I)C(=O)Oc1ccccc1[S+](c1ccccc1)c1ccccc1.CC(I)C(=O)Oc1ccccc1[S+](c1ccccc1)c1ccccc1.Cc1ccc([S+](c2ccc(C)cc2)c2ccc(OC(=O)C(C)I)cc2)cc1.Cc1ccc([S+](c2ccccc2)c2ccc(OC(=O)C(C)I)cc2)cc1. The lowest BCUT2D eigenvalue weighted by Crippen LogP contribution is -2.29. The molecule has 0 heterocycles. The van der Waals surface area contributed by atoms with E-state index in [9.17, 15) is 32.8 Å². The summed E-state index contributed by atoms with van der Waals surface area (Å²) in [6, 6.07) is 129. The van der Waals surface area contributed by atoms with Crippen LogP contribution in [0.5, 0.6) is 28.7 Å². The van der Waals surface area contributed by atoms with Gasteiger partial charge in [-0.1, -0.05) is 306 Å². The maximum atomic E-state index is 13.9. The van der Waals surface area contributed by atoms with Gasteiger partial charge < -0.3 is 23.7 Å². The predicted molar refractivity (Wildman–Crippen MR) is 576 cm³/mol. The second-order valence-corrected chi connectivity index (χ2v) is 51.7. The second-order valence-electron chi connectivity index (χ2n) is 30.6. The molecule has 0 aliphatic carbocycles. The lowest BCUT2D eigenvalue weighted by atomic mass is 10.2. The number of hydrogen-bond donors (Lipinski definition) is 0. The third kappa shape index (κ3) is 31.0. The summed E-state index contributed by atoms with van der Waals surface area (Å²) in [5.74, 6) is 0.303. The van der Waals surface area contributed by atoms with Crippen LogP contribution >= 0.6 is 113 Å². The van der Waals surface area contributed by atoms with Crippen molar-refractivity contribution in [2.75, 3.05) is 0 Å². The maximum absolute atomic E-state index is 13.9. The van der Waals surface area contributed by atoms with Gasteiger partial charge in [0.15, 0.2) is 75.1 Å². The molecule has 0 aliphatic rings. The molecule has 0 bridgehead atoms. The van der Waals surface area contributed by atoms with E-state index in [4.69, 9.17) is 23.7 Å². The average molecular weight is 2410 g/mol. The van der Waals surface area contributed by atoms with Crippen LogP contribution in [0.3, 0.4) is 0 Å². The summed E-state index contributed by atoms with van der Waals surface area (Å²) < 4.78 is 53.8. The Bertz CT molecular complexity index is 6090. The van der Waals surface area contributed by atoms with Crippen LogP contribution in [0.2, 0.25) is 0 Å². The van der Waals surface area contributed by atoms with E-state index < -0.39 is 29.4 Å². The van der Waals surface area contributed by atoms with Crippen molar-refractivity contribution in [1.82, 2.24) is 0 Å². The molecular weight excluding hydrogens is 2310 g/mol. The molecule has 15 aromatic rings. The first-order valence-electron chi connectivity index (χ1n) is 41.9. The Labute approximate surface area is 856 Å². The molecule has 672 valence electrons. The van der Waals surface area contributed by atoms with Crippen molar-refractivity contribution in [2.45, 2.75) is 161 Å². The first-order valence-corrected chi connectivity index (χ1v) is 53.9. The van der Waals surface area contributed by atoms with E-state index in [2.05, 4.69) is 281 Å². The van der Waals surface area contributed by atoms with Crippen molar-refractivity contribution >= 4 is 197 Å². The van der Waals surface area contributed by atoms with Crippen LogP contribution in [0.25, 0.3) is 0 Å². The highest BCUT2D eigenvalue weighted by molar-refractivity contribution is 14.1. The summed E-state index contributed by atoms with van der Waals surface area (Å²) in [7, 11) is -1.84. The van der Waals surface area contributed by atoms with Crippen LogP contribution in [-0.2, 0) is 78.4 Å². The summed E-state index contributed by atoms with van der Waals surface area (Å²) in [6.45, 7) is 19.0. The molecule has 0 N–H and O–H groups in total. The monoisotopic (exact) mass is 2410 g/mol. The van der Waals surface area contributed by atoms with E-state index in [0.717, 1.165) is 25.6 Å². The van der Waals surface area contributed by atoms with Crippen LogP contribution in [0.1, 0.15) is 65.2 Å². The Hall–Kier alpha value is -9.09. The van der Waals surface area contributed by atoms with Gasteiger partial charge in [-0.3, -0.25) is 24.0 Å². The molecule has 0 amide bonds. The highest BCUT2D eigenvalue weighted by atomic mass is 127. The van der Waals surface area contributed by atoms with Crippen molar-refractivity contribution in [3.05, 3.63) is 423 Å². The third-order valence-electron chi connectivity index (χ3n) is 19.0. The quantitative estimate of drug-likeness (QED) is 0.0179.